The zero-order chi connectivity index (χ0) is 15.3. The first kappa shape index (κ1) is 14.9. The van der Waals surface area contributed by atoms with E-state index in [0.29, 0.717) is 11.1 Å². The van der Waals surface area contributed by atoms with Crippen LogP contribution in [0, 0.1) is 10.1 Å². The van der Waals surface area contributed by atoms with Gasteiger partial charge >= 0.3 is 0 Å². The molecule has 0 aliphatic rings. The van der Waals surface area contributed by atoms with E-state index in [0.717, 1.165) is 5.41 Å². The van der Waals surface area contributed by atoms with Gasteiger partial charge in [-0.2, -0.15) is 0 Å². The summed E-state index contributed by atoms with van der Waals surface area (Å²) in [6.45, 7) is 0. The summed E-state index contributed by atoms with van der Waals surface area (Å²) < 4.78 is 23.9. The third-order valence-corrected chi connectivity index (χ3v) is 4.05. The molecule has 0 amide bonds. The van der Waals surface area contributed by atoms with Crippen LogP contribution in [0.1, 0.15) is 11.1 Å². The van der Waals surface area contributed by atoms with Crippen LogP contribution in [0.3, 0.4) is 0 Å². The van der Waals surface area contributed by atoms with Gasteiger partial charge < -0.3 is 0 Å². The van der Waals surface area contributed by atoms with E-state index in [1.165, 1.54) is 24.3 Å². The molecule has 6 heteroatoms. The highest BCUT2D eigenvalue weighted by Crippen LogP contribution is 2.15. The van der Waals surface area contributed by atoms with Gasteiger partial charge in [-0.25, -0.2) is 8.42 Å². The molecule has 2 aromatic rings. The Morgan fingerprint density at radius 2 is 1.76 bits per heavy atom. The molecule has 2 aromatic carbocycles. The maximum atomic E-state index is 12.0. The van der Waals surface area contributed by atoms with Crippen molar-refractivity contribution in [3.8, 4) is 0 Å². The van der Waals surface area contributed by atoms with Gasteiger partial charge in [0.25, 0.3) is 5.69 Å². The van der Waals surface area contributed by atoms with E-state index in [1.807, 2.05) is 6.07 Å². The molecule has 21 heavy (non-hydrogen) atoms. The molecule has 0 aliphatic heterocycles. The van der Waals surface area contributed by atoms with Gasteiger partial charge in [0.15, 0.2) is 9.84 Å². The molecule has 0 spiro atoms. The van der Waals surface area contributed by atoms with Crippen LogP contribution < -0.4 is 0 Å². The van der Waals surface area contributed by atoms with Crippen molar-refractivity contribution in [1.29, 1.82) is 0 Å². The second-order valence-corrected chi connectivity index (χ2v) is 6.33. The highest BCUT2D eigenvalue weighted by molar-refractivity contribution is 7.93. The van der Waals surface area contributed by atoms with Crippen LogP contribution in [0.4, 0.5) is 5.69 Å². The number of nitrogens with zero attached hydrogens (tertiary/aromatic N) is 1. The molecule has 0 aliphatic carbocycles. The molecule has 0 unspecified atom stereocenters. The van der Waals surface area contributed by atoms with Crippen molar-refractivity contribution in [1.82, 2.24) is 0 Å². The fourth-order valence-electron chi connectivity index (χ4n) is 1.78. The maximum Gasteiger partial charge on any atom is 0.270 e. The van der Waals surface area contributed by atoms with Crippen LogP contribution in [0.2, 0.25) is 0 Å². The molecule has 0 saturated heterocycles. The Kier molecular flexibility index (Phi) is 4.49. The molecule has 0 heterocycles. The van der Waals surface area contributed by atoms with Crippen LogP contribution in [0.15, 0.2) is 60.0 Å². The fraction of sp³-hybridized carbons (Fsp3) is 0.0667. The molecule has 0 aromatic heterocycles. The first-order valence-corrected chi connectivity index (χ1v) is 7.87. The molecule has 0 bridgehead atoms. The van der Waals surface area contributed by atoms with Crippen molar-refractivity contribution < 1.29 is 13.3 Å². The molecule has 0 fully saturated rings. The number of hydrogen-bond acceptors (Lipinski definition) is 4. The van der Waals surface area contributed by atoms with Crippen LogP contribution in [0.25, 0.3) is 6.08 Å². The van der Waals surface area contributed by atoms with Crippen molar-refractivity contribution >= 4 is 21.6 Å². The summed E-state index contributed by atoms with van der Waals surface area (Å²) in [5, 5.41) is 11.7. The van der Waals surface area contributed by atoms with Crippen LogP contribution >= 0.6 is 0 Å². The fourth-order valence-corrected chi connectivity index (χ4v) is 2.90. The summed E-state index contributed by atoms with van der Waals surface area (Å²) >= 11 is 0. The number of benzene rings is 2. The highest BCUT2D eigenvalue weighted by atomic mass is 32.2. The van der Waals surface area contributed by atoms with Gasteiger partial charge in [0, 0.05) is 17.5 Å². The van der Waals surface area contributed by atoms with Gasteiger partial charge in [-0.3, -0.25) is 10.1 Å². The van der Waals surface area contributed by atoms with Gasteiger partial charge in [0.1, 0.15) is 0 Å². The molecular weight excluding hydrogens is 290 g/mol. The minimum Gasteiger partial charge on any atom is -0.258 e. The second-order valence-electron chi connectivity index (χ2n) is 4.45. The van der Waals surface area contributed by atoms with E-state index in [4.69, 9.17) is 0 Å². The molecule has 108 valence electrons. The number of hydrogen-bond donors (Lipinski definition) is 0. The minimum atomic E-state index is -3.42. The third kappa shape index (κ3) is 4.54. The SMILES string of the molecule is O=[N+]([O-])c1cccc(/C=C/S(=O)(=O)Cc2ccccc2)c1. The molecule has 2 rings (SSSR count). The molecule has 0 N–H and O–H groups in total. The summed E-state index contributed by atoms with van der Waals surface area (Å²) in [5.74, 6) is -0.0979. The number of rotatable bonds is 5. The largest absolute Gasteiger partial charge is 0.270 e. The van der Waals surface area contributed by atoms with E-state index < -0.39 is 14.8 Å². The first-order chi connectivity index (χ1) is 9.96. The zero-order valence-electron chi connectivity index (χ0n) is 11.0. The van der Waals surface area contributed by atoms with Gasteiger partial charge in [-0.1, -0.05) is 42.5 Å². The summed E-state index contributed by atoms with van der Waals surface area (Å²) in [6.07, 6.45) is 1.37. The lowest BCUT2D eigenvalue weighted by Gasteiger charge is -1.99. The highest BCUT2D eigenvalue weighted by Gasteiger charge is 2.08. The average molecular weight is 303 g/mol. The Hall–Kier alpha value is -2.47. The van der Waals surface area contributed by atoms with Crippen LogP contribution in [-0.4, -0.2) is 13.3 Å². The average Bonchev–Trinajstić information content (AvgIpc) is 2.46. The van der Waals surface area contributed by atoms with Crippen LogP contribution in [-0.2, 0) is 15.6 Å². The third-order valence-electron chi connectivity index (χ3n) is 2.76. The number of nitro benzene ring substituents is 1. The predicted molar refractivity (Wildman–Crippen MR) is 81.2 cm³/mol. The van der Waals surface area contributed by atoms with E-state index in [2.05, 4.69) is 0 Å². The number of non-ortho nitro benzene ring substituents is 1. The van der Waals surface area contributed by atoms with E-state index in [-0.39, 0.29) is 11.4 Å². The lowest BCUT2D eigenvalue weighted by Crippen LogP contribution is -1.99. The number of nitro groups is 1. The van der Waals surface area contributed by atoms with Crippen LogP contribution in [0.5, 0.6) is 0 Å². The maximum absolute atomic E-state index is 12.0. The van der Waals surface area contributed by atoms with Crippen molar-refractivity contribution in [2.75, 3.05) is 0 Å². The van der Waals surface area contributed by atoms with Gasteiger partial charge in [0.2, 0.25) is 0 Å². The summed E-state index contributed by atoms with van der Waals surface area (Å²) in [7, 11) is -3.42. The zero-order valence-corrected chi connectivity index (χ0v) is 11.9. The second kappa shape index (κ2) is 6.32. The molecule has 0 atom stereocenters. The van der Waals surface area contributed by atoms with Crippen molar-refractivity contribution in [3.63, 3.8) is 0 Å². The summed E-state index contributed by atoms with van der Waals surface area (Å²) in [6, 6.07) is 14.6. The Labute approximate surface area is 122 Å². The van der Waals surface area contributed by atoms with E-state index in [9.17, 15) is 18.5 Å². The molecule has 0 radical (unpaired) electrons. The lowest BCUT2D eigenvalue weighted by molar-refractivity contribution is -0.384. The van der Waals surface area contributed by atoms with Crippen molar-refractivity contribution in [3.05, 3.63) is 81.2 Å². The Balaban J connectivity index is 2.16. The normalized spacial score (nSPS) is 11.6. The standard InChI is InChI=1S/C15H13NO4S/c17-16(18)15-8-4-7-13(11-15)9-10-21(19,20)12-14-5-2-1-3-6-14/h1-11H,12H2/b10-9+. The minimum absolute atomic E-state index is 0.0717. The lowest BCUT2D eigenvalue weighted by atomic mass is 10.2. The molecule has 0 saturated carbocycles. The van der Waals surface area contributed by atoms with Crippen molar-refractivity contribution in [2.24, 2.45) is 0 Å². The Morgan fingerprint density at radius 3 is 2.43 bits per heavy atom. The Morgan fingerprint density at radius 1 is 1.05 bits per heavy atom. The Bertz CT molecular complexity index is 767. The van der Waals surface area contributed by atoms with Gasteiger partial charge in [0.05, 0.1) is 10.7 Å². The monoisotopic (exact) mass is 303 g/mol. The first-order valence-electron chi connectivity index (χ1n) is 6.15. The van der Waals surface area contributed by atoms with E-state index in [1.54, 1.807) is 30.3 Å². The van der Waals surface area contributed by atoms with Crippen molar-refractivity contribution in [2.45, 2.75) is 5.75 Å². The quantitative estimate of drug-likeness (QED) is 0.628. The predicted octanol–water partition coefficient (Wildman–Crippen LogP) is 3.18. The molecule has 5 nitrogen and oxygen atoms in total. The topological polar surface area (TPSA) is 77.3 Å². The summed E-state index contributed by atoms with van der Waals surface area (Å²) in [4.78, 5) is 10.1. The molecular formula is C15H13NO4S. The van der Waals surface area contributed by atoms with Gasteiger partial charge in [-0.15, -0.1) is 0 Å². The number of sulfone groups is 1. The summed E-state index contributed by atoms with van der Waals surface area (Å²) in [5.41, 5.74) is 1.10. The van der Waals surface area contributed by atoms with E-state index >= 15 is 0 Å². The smallest absolute Gasteiger partial charge is 0.258 e. The van der Waals surface area contributed by atoms with Gasteiger partial charge in [-0.05, 0) is 17.2 Å².